The fourth-order valence-electron chi connectivity index (χ4n) is 1.97. The van der Waals surface area contributed by atoms with Crippen LogP contribution in [0.1, 0.15) is 18.4 Å². The lowest BCUT2D eigenvalue weighted by Crippen LogP contribution is -2.24. The summed E-state index contributed by atoms with van der Waals surface area (Å²) in [6.45, 7) is 6.15. The Morgan fingerprint density at radius 1 is 1.38 bits per heavy atom. The minimum absolute atomic E-state index is 0.823. The summed E-state index contributed by atoms with van der Waals surface area (Å²) in [4.78, 5) is 0. The molecule has 1 nitrogen and oxygen atoms in total. The molecule has 1 unspecified atom stereocenters. The Balaban J connectivity index is 1.71. The van der Waals surface area contributed by atoms with E-state index in [1.54, 1.807) is 0 Å². The predicted octanol–water partition coefficient (Wildman–Crippen LogP) is 3.19. The quantitative estimate of drug-likeness (QED) is 0.838. The maximum atomic E-state index is 4.12. The topological polar surface area (TPSA) is 12.0 Å². The molecule has 1 aliphatic rings. The molecule has 0 aliphatic carbocycles. The average molecular weight is 233 g/mol. The van der Waals surface area contributed by atoms with Gasteiger partial charge in [0, 0.05) is 18.3 Å². The lowest BCUT2D eigenvalue weighted by molar-refractivity contribution is 0.688. The zero-order valence-corrected chi connectivity index (χ0v) is 10.4. The van der Waals surface area contributed by atoms with Crippen LogP contribution in [0.3, 0.4) is 0 Å². The summed E-state index contributed by atoms with van der Waals surface area (Å²) in [6.07, 6.45) is 2.76. The highest BCUT2D eigenvalue weighted by Crippen LogP contribution is 2.25. The molecule has 0 amide bonds. The standard InChI is InChI=1S/C14H19NS/c1-12(13-6-3-2-4-7-13)10-15-11-14-8-5-9-16-14/h2-4,6-7,14-15H,1,5,8-11H2. The van der Waals surface area contributed by atoms with Crippen molar-refractivity contribution < 1.29 is 0 Å². The van der Waals surface area contributed by atoms with Crippen molar-refractivity contribution in [2.45, 2.75) is 18.1 Å². The Labute approximate surface area is 102 Å². The maximum Gasteiger partial charge on any atom is 0.0206 e. The van der Waals surface area contributed by atoms with Gasteiger partial charge in [-0.25, -0.2) is 0 Å². The molecule has 0 radical (unpaired) electrons. The van der Waals surface area contributed by atoms with E-state index in [-0.39, 0.29) is 0 Å². The Bertz CT molecular complexity index is 328. The van der Waals surface area contributed by atoms with E-state index in [4.69, 9.17) is 0 Å². The summed E-state index contributed by atoms with van der Waals surface area (Å²) in [7, 11) is 0. The first kappa shape index (κ1) is 11.7. The van der Waals surface area contributed by atoms with Crippen molar-refractivity contribution in [3.63, 3.8) is 0 Å². The van der Waals surface area contributed by atoms with Gasteiger partial charge < -0.3 is 5.32 Å². The van der Waals surface area contributed by atoms with Crippen molar-refractivity contribution in [3.8, 4) is 0 Å². The summed E-state index contributed by atoms with van der Waals surface area (Å²) < 4.78 is 0. The molecular formula is C14H19NS. The normalized spacial score (nSPS) is 19.9. The highest BCUT2D eigenvalue weighted by molar-refractivity contribution is 8.00. The summed E-state index contributed by atoms with van der Waals surface area (Å²) in [5.41, 5.74) is 2.43. The molecule has 0 bridgehead atoms. The monoisotopic (exact) mass is 233 g/mol. The van der Waals surface area contributed by atoms with Crippen LogP contribution in [0, 0.1) is 0 Å². The van der Waals surface area contributed by atoms with Gasteiger partial charge in [0.15, 0.2) is 0 Å². The van der Waals surface area contributed by atoms with Gasteiger partial charge >= 0.3 is 0 Å². The highest BCUT2D eigenvalue weighted by Gasteiger charge is 2.14. The SMILES string of the molecule is C=C(CNCC1CCCS1)c1ccccc1. The second-order valence-electron chi connectivity index (χ2n) is 4.24. The highest BCUT2D eigenvalue weighted by atomic mass is 32.2. The van der Waals surface area contributed by atoms with Gasteiger partial charge in [-0.05, 0) is 29.7 Å². The molecule has 1 N–H and O–H groups in total. The zero-order chi connectivity index (χ0) is 11.2. The van der Waals surface area contributed by atoms with Crippen LogP contribution in [0.15, 0.2) is 36.9 Å². The first-order valence-corrected chi connectivity index (χ1v) is 6.96. The lowest BCUT2D eigenvalue weighted by Gasteiger charge is -2.11. The van der Waals surface area contributed by atoms with Crippen LogP contribution in [0.2, 0.25) is 0 Å². The Kier molecular flexibility index (Phi) is 4.49. The van der Waals surface area contributed by atoms with E-state index in [0.29, 0.717) is 0 Å². The molecule has 1 heterocycles. The van der Waals surface area contributed by atoms with Gasteiger partial charge in [-0.3, -0.25) is 0 Å². The van der Waals surface area contributed by atoms with Gasteiger partial charge in [-0.2, -0.15) is 11.8 Å². The van der Waals surface area contributed by atoms with Crippen molar-refractivity contribution >= 4 is 17.3 Å². The molecule has 1 aromatic carbocycles. The van der Waals surface area contributed by atoms with Crippen LogP contribution < -0.4 is 5.32 Å². The molecule has 16 heavy (non-hydrogen) atoms. The molecule has 2 rings (SSSR count). The van der Waals surface area contributed by atoms with Crippen LogP contribution in [-0.4, -0.2) is 24.1 Å². The Morgan fingerprint density at radius 2 is 2.19 bits per heavy atom. The van der Waals surface area contributed by atoms with E-state index in [9.17, 15) is 0 Å². The third kappa shape index (κ3) is 3.39. The molecular weight excluding hydrogens is 214 g/mol. The summed E-state index contributed by atoms with van der Waals surface area (Å²) in [5.74, 6) is 1.34. The van der Waals surface area contributed by atoms with Crippen molar-refractivity contribution in [1.29, 1.82) is 0 Å². The average Bonchev–Trinajstić information content (AvgIpc) is 2.83. The number of hydrogen-bond donors (Lipinski definition) is 1. The van der Waals surface area contributed by atoms with E-state index >= 15 is 0 Å². The van der Waals surface area contributed by atoms with Gasteiger partial charge in [0.05, 0.1) is 0 Å². The van der Waals surface area contributed by atoms with Crippen LogP contribution >= 0.6 is 11.8 Å². The number of thioether (sulfide) groups is 1. The molecule has 1 atom stereocenters. The molecule has 0 aromatic heterocycles. The van der Waals surface area contributed by atoms with Gasteiger partial charge in [0.2, 0.25) is 0 Å². The fraction of sp³-hybridized carbons (Fsp3) is 0.429. The van der Waals surface area contributed by atoms with E-state index in [2.05, 4.69) is 47.9 Å². The van der Waals surface area contributed by atoms with E-state index in [1.807, 2.05) is 6.07 Å². The van der Waals surface area contributed by atoms with Gasteiger partial charge in [-0.1, -0.05) is 36.9 Å². The minimum atomic E-state index is 0.823. The first-order chi connectivity index (χ1) is 7.86. The molecule has 1 aliphatic heterocycles. The number of rotatable bonds is 5. The summed E-state index contributed by atoms with van der Waals surface area (Å²) >= 11 is 2.10. The summed E-state index contributed by atoms with van der Waals surface area (Å²) in [6, 6.07) is 10.4. The van der Waals surface area contributed by atoms with Crippen molar-refractivity contribution in [3.05, 3.63) is 42.5 Å². The smallest absolute Gasteiger partial charge is 0.0206 e. The first-order valence-electron chi connectivity index (χ1n) is 5.92. The largest absolute Gasteiger partial charge is 0.312 e. The number of hydrogen-bond acceptors (Lipinski definition) is 2. The van der Waals surface area contributed by atoms with Crippen molar-refractivity contribution in [1.82, 2.24) is 5.32 Å². The molecule has 0 saturated carbocycles. The van der Waals surface area contributed by atoms with Crippen LogP contribution in [0.25, 0.3) is 5.57 Å². The Morgan fingerprint density at radius 3 is 2.88 bits per heavy atom. The minimum Gasteiger partial charge on any atom is -0.312 e. The number of nitrogens with one attached hydrogen (secondary N) is 1. The van der Waals surface area contributed by atoms with Crippen LogP contribution in [0.4, 0.5) is 0 Å². The summed E-state index contributed by atoms with van der Waals surface area (Å²) in [5, 5.41) is 4.33. The molecule has 1 aromatic rings. The predicted molar refractivity (Wildman–Crippen MR) is 73.8 cm³/mol. The van der Waals surface area contributed by atoms with Crippen molar-refractivity contribution in [2.24, 2.45) is 0 Å². The van der Waals surface area contributed by atoms with Crippen LogP contribution in [0.5, 0.6) is 0 Å². The zero-order valence-electron chi connectivity index (χ0n) is 9.61. The second-order valence-corrected chi connectivity index (χ2v) is 5.64. The molecule has 1 fully saturated rings. The van der Waals surface area contributed by atoms with Crippen LogP contribution in [-0.2, 0) is 0 Å². The molecule has 0 spiro atoms. The third-order valence-electron chi connectivity index (χ3n) is 2.92. The molecule has 86 valence electrons. The van der Waals surface area contributed by atoms with Gasteiger partial charge in [0.1, 0.15) is 0 Å². The maximum absolute atomic E-state index is 4.12. The molecule has 1 saturated heterocycles. The van der Waals surface area contributed by atoms with Gasteiger partial charge in [0.25, 0.3) is 0 Å². The van der Waals surface area contributed by atoms with E-state index in [0.717, 1.165) is 18.3 Å². The Hall–Kier alpha value is -0.730. The second kappa shape index (κ2) is 6.12. The third-order valence-corrected chi connectivity index (χ3v) is 4.31. The number of benzene rings is 1. The van der Waals surface area contributed by atoms with Gasteiger partial charge in [-0.15, -0.1) is 0 Å². The fourth-order valence-corrected chi connectivity index (χ4v) is 3.20. The van der Waals surface area contributed by atoms with E-state index < -0.39 is 0 Å². The van der Waals surface area contributed by atoms with Crippen molar-refractivity contribution in [2.75, 3.05) is 18.8 Å². The lowest BCUT2D eigenvalue weighted by atomic mass is 10.1. The van der Waals surface area contributed by atoms with E-state index in [1.165, 1.54) is 29.7 Å². The molecule has 2 heteroatoms.